The molecule has 2 rings (SSSR count). The highest BCUT2D eigenvalue weighted by Crippen LogP contribution is 2.41. The second kappa shape index (κ2) is 6.61. The van der Waals surface area contributed by atoms with Crippen LogP contribution in [-0.4, -0.2) is 36.2 Å². The molecule has 0 aromatic heterocycles. The zero-order valence-corrected chi connectivity index (χ0v) is 13.4. The van der Waals surface area contributed by atoms with Crippen molar-refractivity contribution in [2.24, 2.45) is 0 Å². The quantitative estimate of drug-likeness (QED) is 0.448. The molecule has 0 bridgehead atoms. The first-order valence-corrected chi connectivity index (χ1v) is 7.66. The van der Waals surface area contributed by atoms with Crippen molar-refractivity contribution < 1.29 is 5.11 Å². The Balaban J connectivity index is 2.40. The van der Waals surface area contributed by atoms with Gasteiger partial charge in [0.25, 0.3) is 0 Å². The van der Waals surface area contributed by atoms with E-state index < -0.39 is 0 Å². The Hall–Kier alpha value is -1.04. The molecule has 5 heteroatoms. The van der Waals surface area contributed by atoms with E-state index in [0.717, 1.165) is 48.2 Å². The molecule has 0 saturated carbocycles. The summed E-state index contributed by atoms with van der Waals surface area (Å²) in [4.78, 5) is 2.38. The fourth-order valence-corrected chi connectivity index (χ4v) is 3.24. The van der Waals surface area contributed by atoms with E-state index in [2.05, 4.69) is 32.7 Å². The van der Waals surface area contributed by atoms with Crippen molar-refractivity contribution in [3.63, 3.8) is 0 Å². The van der Waals surface area contributed by atoms with Gasteiger partial charge in [0.15, 0.2) is 0 Å². The van der Waals surface area contributed by atoms with E-state index >= 15 is 0 Å². The third kappa shape index (κ3) is 3.34. The van der Waals surface area contributed by atoms with Gasteiger partial charge in [0, 0.05) is 42.3 Å². The maximum atomic E-state index is 10.4. The second-order valence-corrected chi connectivity index (χ2v) is 6.22. The molecule has 0 unspecified atom stereocenters. The SMILES string of the molecule is C=C(C)C[C@H](c1c(Br)ccc(N)c1O)N1CCNCC1. The minimum atomic E-state index is 0.104. The van der Waals surface area contributed by atoms with Crippen molar-refractivity contribution in [2.45, 2.75) is 19.4 Å². The zero-order valence-electron chi connectivity index (χ0n) is 11.8. The minimum absolute atomic E-state index is 0.104. The lowest BCUT2D eigenvalue weighted by molar-refractivity contribution is 0.169. The van der Waals surface area contributed by atoms with Crippen LogP contribution in [0.2, 0.25) is 0 Å². The predicted octanol–water partition coefficient (Wildman–Crippen LogP) is 2.65. The van der Waals surface area contributed by atoms with Crippen molar-refractivity contribution in [2.75, 3.05) is 31.9 Å². The van der Waals surface area contributed by atoms with E-state index in [-0.39, 0.29) is 11.8 Å². The standard InChI is InChI=1S/C15H22BrN3O/c1-10(2)9-13(19-7-5-18-6-8-19)14-11(16)3-4-12(17)15(14)20/h3-4,13,18,20H,1,5-9,17H2,2H3/t13-/m1/s1. The lowest BCUT2D eigenvalue weighted by Gasteiger charge is -2.36. The van der Waals surface area contributed by atoms with Gasteiger partial charge in [0.2, 0.25) is 0 Å². The maximum Gasteiger partial charge on any atom is 0.144 e. The zero-order chi connectivity index (χ0) is 14.7. The molecule has 1 saturated heterocycles. The van der Waals surface area contributed by atoms with Crippen LogP contribution in [0.15, 0.2) is 28.8 Å². The molecule has 20 heavy (non-hydrogen) atoms. The molecule has 1 aliphatic rings. The molecule has 110 valence electrons. The number of nitrogens with two attached hydrogens (primary N) is 1. The fraction of sp³-hybridized carbons (Fsp3) is 0.467. The molecule has 0 spiro atoms. The number of piperazine rings is 1. The Labute approximate surface area is 128 Å². The Morgan fingerprint density at radius 3 is 2.75 bits per heavy atom. The number of hydrogen-bond donors (Lipinski definition) is 3. The molecule has 1 aromatic carbocycles. The summed E-state index contributed by atoms with van der Waals surface area (Å²) in [5.41, 5.74) is 8.25. The molecule has 0 aliphatic carbocycles. The highest BCUT2D eigenvalue weighted by molar-refractivity contribution is 9.10. The summed E-state index contributed by atoms with van der Waals surface area (Å²) in [6.07, 6.45) is 0.815. The van der Waals surface area contributed by atoms with Gasteiger partial charge in [-0.3, -0.25) is 4.90 Å². The van der Waals surface area contributed by atoms with Crippen LogP contribution in [-0.2, 0) is 0 Å². The highest BCUT2D eigenvalue weighted by Gasteiger charge is 2.27. The number of phenolic OH excluding ortho intramolecular Hbond substituents is 1. The van der Waals surface area contributed by atoms with Gasteiger partial charge in [-0.1, -0.05) is 21.5 Å². The molecule has 4 nitrogen and oxygen atoms in total. The average Bonchev–Trinajstić information content (AvgIpc) is 2.43. The lowest BCUT2D eigenvalue weighted by atomic mass is 9.96. The number of phenols is 1. The summed E-state index contributed by atoms with van der Waals surface area (Å²) < 4.78 is 0.897. The molecule has 1 aromatic rings. The first-order chi connectivity index (χ1) is 9.50. The van der Waals surface area contributed by atoms with Crippen molar-refractivity contribution in [3.8, 4) is 5.75 Å². The smallest absolute Gasteiger partial charge is 0.144 e. The normalized spacial score (nSPS) is 17.9. The molecule has 0 amide bonds. The first-order valence-electron chi connectivity index (χ1n) is 6.86. The van der Waals surface area contributed by atoms with Gasteiger partial charge in [-0.25, -0.2) is 0 Å². The Morgan fingerprint density at radius 2 is 2.15 bits per heavy atom. The van der Waals surface area contributed by atoms with E-state index in [1.165, 1.54) is 0 Å². The molecule has 1 atom stereocenters. The summed E-state index contributed by atoms with van der Waals surface area (Å²) in [5, 5.41) is 13.7. The monoisotopic (exact) mass is 339 g/mol. The number of rotatable bonds is 4. The number of anilines is 1. The number of aromatic hydroxyl groups is 1. The molecule has 1 fully saturated rings. The number of nitrogens with one attached hydrogen (secondary N) is 1. The molecular formula is C15H22BrN3O. The van der Waals surface area contributed by atoms with Crippen molar-refractivity contribution >= 4 is 21.6 Å². The minimum Gasteiger partial charge on any atom is -0.505 e. The summed E-state index contributed by atoms with van der Waals surface area (Å²) >= 11 is 3.55. The molecule has 1 aliphatic heterocycles. The molecule has 4 N–H and O–H groups in total. The summed E-state index contributed by atoms with van der Waals surface area (Å²) in [6, 6.07) is 3.73. The van der Waals surface area contributed by atoms with Crippen LogP contribution in [0.25, 0.3) is 0 Å². The van der Waals surface area contributed by atoms with E-state index in [1.807, 2.05) is 13.0 Å². The first kappa shape index (κ1) is 15.4. The topological polar surface area (TPSA) is 61.5 Å². The third-order valence-electron chi connectivity index (χ3n) is 3.66. The largest absolute Gasteiger partial charge is 0.505 e. The van der Waals surface area contributed by atoms with Gasteiger partial charge in [-0.15, -0.1) is 6.58 Å². The predicted molar refractivity (Wildman–Crippen MR) is 86.8 cm³/mol. The van der Waals surface area contributed by atoms with E-state index in [0.29, 0.717) is 5.69 Å². The molecular weight excluding hydrogens is 318 g/mol. The van der Waals surface area contributed by atoms with Gasteiger partial charge >= 0.3 is 0 Å². The number of halogens is 1. The van der Waals surface area contributed by atoms with E-state index in [1.54, 1.807) is 6.07 Å². The van der Waals surface area contributed by atoms with Gasteiger partial charge < -0.3 is 16.2 Å². The van der Waals surface area contributed by atoms with Gasteiger partial charge in [0.05, 0.1) is 5.69 Å². The molecule has 1 heterocycles. The number of hydrogen-bond acceptors (Lipinski definition) is 4. The number of benzene rings is 1. The fourth-order valence-electron chi connectivity index (χ4n) is 2.65. The highest BCUT2D eigenvalue weighted by atomic mass is 79.9. The van der Waals surface area contributed by atoms with Crippen molar-refractivity contribution in [1.82, 2.24) is 10.2 Å². The second-order valence-electron chi connectivity index (χ2n) is 5.36. The van der Waals surface area contributed by atoms with Gasteiger partial charge in [0.1, 0.15) is 5.75 Å². The van der Waals surface area contributed by atoms with Crippen LogP contribution in [0.5, 0.6) is 5.75 Å². The molecule has 0 radical (unpaired) electrons. The van der Waals surface area contributed by atoms with Crippen LogP contribution in [0.3, 0.4) is 0 Å². The Bertz CT molecular complexity index is 498. The van der Waals surface area contributed by atoms with E-state index in [9.17, 15) is 5.11 Å². The van der Waals surface area contributed by atoms with Crippen LogP contribution in [0.1, 0.15) is 24.9 Å². The maximum absolute atomic E-state index is 10.4. The van der Waals surface area contributed by atoms with Gasteiger partial charge in [-0.05, 0) is 25.5 Å². The number of nitrogens with zero attached hydrogens (tertiary/aromatic N) is 1. The Morgan fingerprint density at radius 1 is 1.50 bits per heavy atom. The van der Waals surface area contributed by atoms with Crippen molar-refractivity contribution in [1.29, 1.82) is 0 Å². The lowest BCUT2D eigenvalue weighted by Crippen LogP contribution is -2.45. The summed E-state index contributed by atoms with van der Waals surface area (Å²) in [5.74, 6) is 0.184. The summed E-state index contributed by atoms with van der Waals surface area (Å²) in [7, 11) is 0. The van der Waals surface area contributed by atoms with Crippen LogP contribution in [0, 0.1) is 0 Å². The third-order valence-corrected chi connectivity index (χ3v) is 4.35. The van der Waals surface area contributed by atoms with Crippen LogP contribution in [0.4, 0.5) is 5.69 Å². The number of nitrogen functional groups attached to an aromatic ring is 1. The van der Waals surface area contributed by atoms with Crippen LogP contribution < -0.4 is 11.1 Å². The van der Waals surface area contributed by atoms with Crippen LogP contribution >= 0.6 is 15.9 Å². The Kier molecular flexibility index (Phi) is 5.07. The average molecular weight is 340 g/mol. The van der Waals surface area contributed by atoms with Gasteiger partial charge in [-0.2, -0.15) is 0 Å². The van der Waals surface area contributed by atoms with Crippen molar-refractivity contribution in [3.05, 3.63) is 34.3 Å². The van der Waals surface area contributed by atoms with E-state index in [4.69, 9.17) is 5.73 Å². The summed E-state index contributed by atoms with van der Waals surface area (Å²) in [6.45, 7) is 9.89.